The molecule has 0 saturated heterocycles. The van der Waals surface area contributed by atoms with Gasteiger partial charge in [0.05, 0.1) is 11.2 Å². The number of hydrogen-bond donors (Lipinski definition) is 1. The maximum absolute atomic E-state index is 12.3. The van der Waals surface area contributed by atoms with Crippen molar-refractivity contribution in [2.45, 2.75) is 37.7 Å². The fourth-order valence-electron chi connectivity index (χ4n) is 2.67. The summed E-state index contributed by atoms with van der Waals surface area (Å²) in [6.45, 7) is -0.456. The van der Waals surface area contributed by atoms with E-state index in [0.29, 0.717) is 18.4 Å². The monoisotopic (exact) mass is 314 g/mol. The molecule has 0 radical (unpaired) electrons. The van der Waals surface area contributed by atoms with Gasteiger partial charge in [0.2, 0.25) is 5.88 Å². The number of nitrogens with zero attached hydrogens (tertiary/aromatic N) is 2. The highest BCUT2D eigenvalue weighted by Crippen LogP contribution is 2.30. The average Bonchev–Trinajstić information content (AvgIpc) is 2.91. The Balaban J connectivity index is 1.93. The van der Waals surface area contributed by atoms with E-state index in [9.17, 15) is 18.7 Å². The van der Waals surface area contributed by atoms with Gasteiger partial charge in [-0.05, 0) is 18.9 Å². The van der Waals surface area contributed by atoms with Crippen LogP contribution in [0.4, 0.5) is 8.78 Å². The highest BCUT2D eigenvalue weighted by atomic mass is 19.3. The molecule has 0 atom stereocenters. The fraction of sp³-hybridized carbons (Fsp3) is 0.600. The van der Waals surface area contributed by atoms with E-state index in [1.165, 1.54) is 23.2 Å². The van der Waals surface area contributed by atoms with Gasteiger partial charge in [-0.2, -0.15) is 0 Å². The van der Waals surface area contributed by atoms with Crippen molar-refractivity contribution in [2.24, 2.45) is 0 Å². The van der Waals surface area contributed by atoms with Gasteiger partial charge >= 0.3 is 0 Å². The molecule has 5 nitrogen and oxygen atoms in total. The van der Waals surface area contributed by atoms with Gasteiger partial charge in [0.1, 0.15) is 0 Å². The molecule has 122 valence electrons. The number of halogens is 2. The number of alkyl halides is 2. The zero-order valence-corrected chi connectivity index (χ0v) is 12.5. The number of likely N-dealkylation sites (N-methyl/N-ethyl adjacent to an activating group) is 1. The molecule has 1 amide bonds. The molecule has 1 heterocycles. The predicted molar refractivity (Wildman–Crippen MR) is 76.1 cm³/mol. The minimum absolute atomic E-state index is 0.0499. The lowest BCUT2D eigenvalue weighted by Gasteiger charge is -2.28. The molecule has 1 aliphatic carbocycles. The number of aliphatic hydroxyl groups is 1. The number of aromatic nitrogens is 1. The first-order valence-electron chi connectivity index (χ1n) is 7.24. The van der Waals surface area contributed by atoms with Crippen molar-refractivity contribution in [3.05, 3.63) is 23.9 Å². The van der Waals surface area contributed by atoms with Gasteiger partial charge in [0.15, 0.2) is 6.61 Å². The summed E-state index contributed by atoms with van der Waals surface area (Å²) in [4.78, 5) is 17.6. The Morgan fingerprint density at radius 1 is 1.45 bits per heavy atom. The Morgan fingerprint density at radius 2 is 2.14 bits per heavy atom. The van der Waals surface area contributed by atoms with Crippen molar-refractivity contribution in [3.63, 3.8) is 0 Å². The molecule has 2 rings (SSSR count). The lowest BCUT2D eigenvalue weighted by Crippen LogP contribution is -2.42. The highest BCUT2D eigenvalue weighted by molar-refractivity contribution is 5.93. The number of carbonyl (C=O) groups excluding carboxylic acids is 1. The van der Waals surface area contributed by atoms with E-state index < -0.39 is 18.6 Å². The molecule has 1 fully saturated rings. The van der Waals surface area contributed by atoms with Crippen molar-refractivity contribution >= 4 is 5.91 Å². The molecule has 0 aliphatic heterocycles. The molecule has 0 unspecified atom stereocenters. The zero-order chi connectivity index (χ0) is 16.2. The van der Waals surface area contributed by atoms with Crippen molar-refractivity contribution < 1.29 is 23.4 Å². The summed E-state index contributed by atoms with van der Waals surface area (Å²) < 4.78 is 28.8. The van der Waals surface area contributed by atoms with Crippen molar-refractivity contribution in [3.8, 4) is 5.88 Å². The van der Waals surface area contributed by atoms with E-state index in [1.807, 2.05) is 0 Å². The number of ether oxygens (including phenoxy) is 1. The number of carbonyl (C=O) groups is 1. The standard InChI is InChI=1S/C15H20F2N2O3/c1-19(10-15(21)6-2-3-7-15)14(20)11-4-5-13(18-8-11)22-9-12(16)17/h4-5,8,12,21H,2-3,6-7,9-10H2,1H3. The van der Waals surface area contributed by atoms with Crippen LogP contribution in [0.1, 0.15) is 36.0 Å². The van der Waals surface area contributed by atoms with E-state index in [-0.39, 0.29) is 18.3 Å². The lowest BCUT2D eigenvalue weighted by molar-refractivity contribution is 0.0156. The topological polar surface area (TPSA) is 62.7 Å². The molecular formula is C15H20F2N2O3. The van der Waals surface area contributed by atoms with Gasteiger partial charge in [-0.1, -0.05) is 12.8 Å². The summed E-state index contributed by atoms with van der Waals surface area (Å²) >= 11 is 0. The normalized spacial score (nSPS) is 16.8. The van der Waals surface area contributed by atoms with E-state index in [1.54, 1.807) is 7.05 Å². The molecular weight excluding hydrogens is 294 g/mol. The van der Waals surface area contributed by atoms with Crippen LogP contribution in [0.3, 0.4) is 0 Å². The number of amides is 1. The Labute approximate surface area is 127 Å². The minimum atomic E-state index is -2.57. The number of hydrogen-bond acceptors (Lipinski definition) is 4. The third kappa shape index (κ3) is 4.37. The lowest BCUT2D eigenvalue weighted by atomic mass is 10.0. The summed E-state index contributed by atoms with van der Waals surface area (Å²) in [6, 6.07) is 2.86. The first-order chi connectivity index (χ1) is 10.4. The fourth-order valence-corrected chi connectivity index (χ4v) is 2.67. The van der Waals surface area contributed by atoms with Crippen LogP contribution in [0.25, 0.3) is 0 Å². The Kier molecular flexibility index (Phi) is 5.28. The van der Waals surface area contributed by atoms with Gasteiger partial charge < -0.3 is 14.7 Å². The van der Waals surface area contributed by atoms with Crippen LogP contribution < -0.4 is 4.74 Å². The van der Waals surface area contributed by atoms with Crippen LogP contribution in [-0.2, 0) is 0 Å². The third-order valence-corrected chi connectivity index (χ3v) is 3.75. The zero-order valence-electron chi connectivity index (χ0n) is 12.5. The predicted octanol–water partition coefficient (Wildman–Crippen LogP) is 2.10. The van der Waals surface area contributed by atoms with Crippen LogP contribution >= 0.6 is 0 Å². The highest BCUT2D eigenvalue weighted by Gasteiger charge is 2.33. The minimum Gasteiger partial charge on any atom is -0.472 e. The van der Waals surface area contributed by atoms with Crippen molar-refractivity contribution in [2.75, 3.05) is 20.2 Å². The number of rotatable bonds is 6. The second kappa shape index (κ2) is 7.00. The maximum atomic E-state index is 12.3. The molecule has 1 aromatic rings. The van der Waals surface area contributed by atoms with Crippen molar-refractivity contribution in [1.29, 1.82) is 0 Å². The molecule has 0 bridgehead atoms. The molecule has 0 spiro atoms. The van der Waals surface area contributed by atoms with E-state index in [4.69, 9.17) is 4.74 Å². The second-order valence-corrected chi connectivity index (χ2v) is 5.68. The second-order valence-electron chi connectivity index (χ2n) is 5.68. The summed E-state index contributed by atoms with van der Waals surface area (Å²) in [7, 11) is 1.62. The Hall–Kier alpha value is -1.76. The van der Waals surface area contributed by atoms with Gasteiger partial charge in [-0.15, -0.1) is 0 Å². The molecule has 1 aromatic heterocycles. The Morgan fingerprint density at radius 3 is 2.68 bits per heavy atom. The van der Waals surface area contributed by atoms with Gasteiger partial charge in [0.25, 0.3) is 12.3 Å². The van der Waals surface area contributed by atoms with Crippen LogP contribution in [0.2, 0.25) is 0 Å². The smallest absolute Gasteiger partial charge is 0.272 e. The molecule has 1 saturated carbocycles. The van der Waals surface area contributed by atoms with Crippen molar-refractivity contribution in [1.82, 2.24) is 9.88 Å². The summed E-state index contributed by atoms with van der Waals surface area (Å²) in [5.74, 6) is -0.220. The molecule has 7 heteroatoms. The first-order valence-corrected chi connectivity index (χ1v) is 7.24. The summed E-state index contributed by atoms with van der Waals surface area (Å²) in [5.41, 5.74) is -0.480. The quantitative estimate of drug-likeness (QED) is 0.873. The van der Waals surface area contributed by atoms with Crippen LogP contribution in [0.5, 0.6) is 5.88 Å². The first kappa shape index (κ1) is 16.6. The molecule has 1 aliphatic rings. The molecule has 0 aromatic carbocycles. The van der Waals surface area contributed by atoms with E-state index >= 15 is 0 Å². The average molecular weight is 314 g/mol. The molecule has 22 heavy (non-hydrogen) atoms. The van der Waals surface area contributed by atoms with E-state index in [2.05, 4.69) is 4.98 Å². The Bertz CT molecular complexity index is 502. The maximum Gasteiger partial charge on any atom is 0.272 e. The van der Waals surface area contributed by atoms with E-state index in [0.717, 1.165) is 12.8 Å². The van der Waals surface area contributed by atoms with Gasteiger partial charge in [0, 0.05) is 25.9 Å². The number of pyridine rings is 1. The SMILES string of the molecule is CN(CC1(O)CCCC1)C(=O)c1ccc(OCC(F)F)nc1. The van der Waals surface area contributed by atoms with Crippen LogP contribution in [-0.4, -0.2) is 53.1 Å². The summed E-state index contributed by atoms with van der Waals surface area (Å²) in [6.07, 6.45) is 2.05. The van der Waals surface area contributed by atoms with Crippen LogP contribution in [0, 0.1) is 0 Å². The van der Waals surface area contributed by atoms with Gasteiger partial charge in [-0.25, -0.2) is 13.8 Å². The van der Waals surface area contributed by atoms with Gasteiger partial charge in [-0.3, -0.25) is 4.79 Å². The third-order valence-electron chi connectivity index (χ3n) is 3.75. The molecule has 1 N–H and O–H groups in total. The summed E-state index contributed by atoms with van der Waals surface area (Å²) in [5, 5.41) is 10.3. The largest absolute Gasteiger partial charge is 0.472 e. The van der Waals surface area contributed by atoms with Crippen LogP contribution in [0.15, 0.2) is 18.3 Å².